The highest BCUT2D eigenvalue weighted by Crippen LogP contribution is 2.35. The van der Waals surface area contributed by atoms with Gasteiger partial charge in [-0.15, -0.1) is 0 Å². The lowest BCUT2D eigenvalue weighted by Crippen LogP contribution is -2.30. The van der Waals surface area contributed by atoms with E-state index in [1.807, 2.05) is 0 Å². The van der Waals surface area contributed by atoms with Crippen LogP contribution in [0.4, 0.5) is 0 Å². The number of ether oxygens (including phenoxy) is 3. The quantitative estimate of drug-likeness (QED) is 0.705. The molecule has 0 radical (unpaired) electrons. The summed E-state index contributed by atoms with van der Waals surface area (Å²) in [7, 11) is -2.85. The van der Waals surface area contributed by atoms with E-state index in [2.05, 4.69) is 9.46 Å². The first kappa shape index (κ1) is 19.8. The van der Waals surface area contributed by atoms with E-state index in [9.17, 15) is 13.2 Å². The van der Waals surface area contributed by atoms with E-state index < -0.39 is 22.0 Å². The van der Waals surface area contributed by atoms with Gasteiger partial charge in [-0.05, 0) is 35.9 Å². The lowest BCUT2D eigenvalue weighted by atomic mass is 10.0. The van der Waals surface area contributed by atoms with Crippen molar-refractivity contribution < 1.29 is 27.4 Å². The molecule has 2 aromatic carbocycles. The molecule has 1 heterocycles. The molecule has 144 valence electrons. The van der Waals surface area contributed by atoms with Crippen molar-refractivity contribution in [1.29, 1.82) is 0 Å². The van der Waals surface area contributed by atoms with Crippen molar-refractivity contribution >= 4 is 39.2 Å². The van der Waals surface area contributed by atoms with Gasteiger partial charge in [-0.1, -0.05) is 29.3 Å². The highest BCUT2D eigenvalue weighted by atomic mass is 35.5. The zero-order valence-electron chi connectivity index (χ0n) is 14.1. The molecule has 0 aromatic heterocycles. The van der Waals surface area contributed by atoms with Gasteiger partial charge in [-0.25, -0.2) is 13.1 Å². The minimum Gasteiger partial charge on any atom is -0.469 e. The van der Waals surface area contributed by atoms with Crippen LogP contribution in [0.5, 0.6) is 11.5 Å². The normalized spacial score (nSPS) is 14.0. The van der Waals surface area contributed by atoms with E-state index in [1.165, 1.54) is 25.3 Å². The molecule has 0 fully saturated rings. The van der Waals surface area contributed by atoms with Crippen molar-refractivity contribution in [1.82, 2.24) is 4.72 Å². The maximum atomic E-state index is 12.8. The van der Waals surface area contributed by atoms with Gasteiger partial charge in [0.15, 0.2) is 11.5 Å². The van der Waals surface area contributed by atoms with Crippen LogP contribution in [0.3, 0.4) is 0 Å². The highest BCUT2D eigenvalue weighted by Gasteiger charge is 2.27. The summed E-state index contributed by atoms with van der Waals surface area (Å²) in [6.07, 6.45) is -0.229. The summed E-state index contributed by atoms with van der Waals surface area (Å²) in [4.78, 5) is 11.6. The number of fused-ring (bicyclic) bond motifs is 1. The minimum absolute atomic E-state index is 0.00871. The summed E-state index contributed by atoms with van der Waals surface area (Å²) in [5.74, 6) is 0.413. The van der Waals surface area contributed by atoms with Crippen molar-refractivity contribution in [2.75, 3.05) is 13.9 Å². The van der Waals surface area contributed by atoms with Crippen molar-refractivity contribution in [3.8, 4) is 11.5 Å². The lowest BCUT2D eigenvalue weighted by molar-refractivity contribution is -0.141. The van der Waals surface area contributed by atoms with Crippen LogP contribution in [0, 0.1) is 0 Å². The SMILES string of the molecule is COC(=O)CC(NS(=O)(=O)c1cc(Cl)ccc1Cl)c1ccc2c(c1)OCO2. The molecule has 3 rings (SSSR count). The largest absolute Gasteiger partial charge is 0.469 e. The van der Waals surface area contributed by atoms with Gasteiger partial charge in [-0.3, -0.25) is 4.79 Å². The summed E-state index contributed by atoms with van der Waals surface area (Å²) in [5, 5.41) is 0.224. The number of methoxy groups -OCH3 is 1. The predicted molar refractivity (Wildman–Crippen MR) is 98.7 cm³/mol. The lowest BCUT2D eigenvalue weighted by Gasteiger charge is -2.19. The second kappa shape index (κ2) is 7.93. The minimum atomic E-state index is -4.07. The maximum Gasteiger partial charge on any atom is 0.307 e. The summed E-state index contributed by atoms with van der Waals surface area (Å²) in [6, 6.07) is 8.08. The number of carbonyl (C=O) groups excluding carboxylic acids is 1. The zero-order valence-corrected chi connectivity index (χ0v) is 16.4. The number of halogens is 2. The van der Waals surface area contributed by atoms with Crippen LogP contribution in [0.15, 0.2) is 41.3 Å². The van der Waals surface area contributed by atoms with Crippen molar-refractivity contribution in [2.24, 2.45) is 0 Å². The fourth-order valence-electron chi connectivity index (χ4n) is 2.54. The van der Waals surface area contributed by atoms with Gasteiger partial charge in [0.05, 0.1) is 24.6 Å². The number of sulfonamides is 1. The third-order valence-electron chi connectivity index (χ3n) is 3.88. The van der Waals surface area contributed by atoms with Crippen LogP contribution in [-0.4, -0.2) is 28.3 Å². The molecular formula is C17H15Cl2NO6S. The molecule has 0 bridgehead atoms. The Labute approximate surface area is 166 Å². The van der Waals surface area contributed by atoms with Gasteiger partial charge >= 0.3 is 5.97 Å². The van der Waals surface area contributed by atoms with Gasteiger partial charge in [0.2, 0.25) is 16.8 Å². The van der Waals surface area contributed by atoms with Gasteiger partial charge in [-0.2, -0.15) is 0 Å². The molecule has 0 saturated heterocycles. The predicted octanol–water partition coefficient (Wildman–Crippen LogP) is 3.30. The number of benzene rings is 2. The van der Waals surface area contributed by atoms with E-state index in [1.54, 1.807) is 18.2 Å². The average Bonchev–Trinajstić information content (AvgIpc) is 3.10. The third-order valence-corrected chi connectivity index (χ3v) is 6.07. The molecule has 0 saturated carbocycles. The number of esters is 1. The van der Waals surface area contributed by atoms with Crippen molar-refractivity contribution in [3.05, 3.63) is 52.0 Å². The Kier molecular flexibility index (Phi) is 5.81. The van der Waals surface area contributed by atoms with Crippen LogP contribution >= 0.6 is 23.2 Å². The van der Waals surface area contributed by atoms with Gasteiger partial charge in [0.1, 0.15) is 4.90 Å². The molecular weight excluding hydrogens is 417 g/mol. The highest BCUT2D eigenvalue weighted by molar-refractivity contribution is 7.89. The van der Waals surface area contributed by atoms with Crippen LogP contribution in [-0.2, 0) is 19.6 Å². The molecule has 10 heteroatoms. The van der Waals surface area contributed by atoms with Gasteiger partial charge in [0.25, 0.3) is 0 Å². The standard InChI is InChI=1S/C17H15Cl2NO6S/c1-24-17(21)8-13(10-2-5-14-15(6-10)26-9-25-14)20-27(22,23)16-7-11(18)3-4-12(16)19/h2-7,13,20H,8-9H2,1H3. The Balaban J connectivity index is 1.96. The Morgan fingerprint density at radius 2 is 1.93 bits per heavy atom. The second-order valence-corrected chi connectivity index (χ2v) is 8.17. The van der Waals surface area contributed by atoms with Crippen LogP contribution in [0.2, 0.25) is 10.0 Å². The van der Waals surface area contributed by atoms with Gasteiger partial charge in [0, 0.05) is 5.02 Å². The van der Waals surface area contributed by atoms with Crippen LogP contribution in [0.25, 0.3) is 0 Å². The second-order valence-electron chi connectivity index (χ2n) is 5.64. The molecule has 0 amide bonds. The molecule has 0 spiro atoms. The molecule has 1 unspecified atom stereocenters. The summed E-state index contributed by atoms with van der Waals surface area (Å²) in [5.41, 5.74) is 0.506. The van der Waals surface area contributed by atoms with Crippen molar-refractivity contribution in [3.63, 3.8) is 0 Å². The Bertz CT molecular complexity index is 979. The monoisotopic (exact) mass is 431 g/mol. The number of nitrogens with one attached hydrogen (secondary N) is 1. The third kappa shape index (κ3) is 4.47. The Morgan fingerprint density at radius 1 is 1.19 bits per heavy atom. The molecule has 1 N–H and O–H groups in total. The first-order valence-corrected chi connectivity index (χ1v) is 9.98. The fourth-order valence-corrected chi connectivity index (χ4v) is 4.53. The van der Waals surface area contributed by atoms with E-state index in [-0.39, 0.29) is 28.2 Å². The summed E-state index contributed by atoms with van der Waals surface area (Å²) in [6.45, 7) is 0.0737. The molecule has 0 aliphatic carbocycles. The number of hydrogen-bond acceptors (Lipinski definition) is 6. The number of hydrogen-bond donors (Lipinski definition) is 1. The molecule has 2 aromatic rings. The Hall–Kier alpha value is -2.00. The number of carbonyl (C=O) groups is 1. The summed E-state index contributed by atoms with van der Waals surface area (Å²) < 4.78 is 43.4. The number of rotatable bonds is 6. The van der Waals surface area contributed by atoms with E-state index >= 15 is 0 Å². The first-order valence-electron chi connectivity index (χ1n) is 7.74. The molecule has 1 atom stereocenters. The first-order chi connectivity index (χ1) is 12.8. The molecule has 27 heavy (non-hydrogen) atoms. The maximum absolute atomic E-state index is 12.8. The van der Waals surface area contributed by atoms with Crippen molar-refractivity contribution in [2.45, 2.75) is 17.4 Å². The molecule has 1 aliphatic rings. The Morgan fingerprint density at radius 3 is 2.67 bits per heavy atom. The van der Waals surface area contributed by atoms with Crippen LogP contribution < -0.4 is 14.2 Å². The van der Waals surface area contributed by atoms with Crippen LogP contribution in [0.1, 0.15) is 18.0 Å². The summed E-state index contributed by atoms with van der Waals surface area (Å²) >= 11 is 11.9. The van der Waals surface area contributed by atoms with E-state index in [0.29, 0.717) is 17.1 Å². The zero-order chi connectivity index (χ0) is 19.6. The van der Waals surface area contributed by atoms with Gasteiger partial charge < -0.3 is 14.2 Å². The fraction of sp³-hybridized carbons (Fsp3) is 0.235. The van der Waals surface area contributed by atoms with E-state index in [0.717, 1.165) is 0 Å². The van der Waals surface area contributed by atoms with E-state index in [4.69, 9.17) is 32.7 Å². The molecule has 7 nitrogen and oxygen atoms in total. The average molecular weight is 432 g/mol. The smallest absolute Gasteiger partial charge is 0.307 e. The molecule has 1 aliphatic heterocycles. The topological polar surface area (TPSA) is 90.9 Å².